The van der Waals surface area contributed by atoms with Crippen molar-refractivity contribution < 1.29 is 14.5 Å². The number of benzene rings is 1. The van der Waals surface area contributed by atoms with Crippen LogP contribution >= 0.6 is 0 Å². The maximum atomic E-state index is 12.2. The first-order valence-electron chi connectivity index (χ1n) is 6.32. The first-order chi connectivity index (χ1) is 9.45. The summed E-state index contributed by atoms with van der Waals surface area (Å²) in [5, 5.41) is 16.6. The van der Waals surface area contributed by atoms with Gasteiger partial charge in [-0.05, 0) is 25.5 Å². The fourth-order valence-electron chi connectivity index (χ4n) is 2.15. The molecule has 2 rings (SSSR count). The molecule has 1 saturated heterocycles. The van der Waals surface area contributed by atoms with Crippen LogP contribution in [0.15, 0.2) is 18.2 Å². The van der Waals surface area contributed by atoms with Crippen molar-refractivity contribution in [3.8, 4) is 0 Å². The molecule has 0 aromatic heterocycles. The Labute approximate surface area is 116 Å². The second-order valence-electron chi connectivity index (χ2n) is 5.06. The molecule has 1 aromatic rings. The van der Waals surface area contributed by atoms with Gasteiger partial charge in [0.1, 0.15) is 5.69 Å². The summed E-state index contributed by atoms with van der Waals surface area (Å²) < 4.78 is 5.26. The fraction of sp³-hybridized carbons (Fsp3) is 0.462. The zero-order chi connectivity index (χ0) is 14.8. The molecule has 1 unspecified atom stereocenters. The normalized spacial score (nSPS) is 21.5. The van der Waals surface area contributed by atoms with E-state index in [9.17, 15) is 14.9 Å². The van der Waals surface area contributed by atoms with Gasteiger partial charge in [0, 0.05) is 25.3 Å². The molecule has 7 heteroatoms. The third-order valence-corrected chi connectivity index (χ3v) is 3.36. The number of ether oxygens (including phenoxy) is 1. The number of rotatable bonds is 4. The summed E-state index contributed by atoms with van der Waals surface area (Å²) in [7, 11) is 1.60. The quantitative estimate of drug-likeness (QED) is 0.644. The molecule has 1 aliphatic heterocycles. The lowest BCUT2D eigenvalue weighted by molar-refractivity contribution is -0.384. The fourth-order valence-corrected chi connectivity index (χ4v) is 2.15. The van der Waals surface area contributed by atoms with Crippen LogP contribution in [0.1, 0.15) is 23.7 Å². The van der Waals surface area contributed by atoms with Crippen LogP contribution < -0.4 is 10.6 Å². The standard InChI is InChI=1S/C13H17N3O4/c1-13(5-6-20-8-13)15-12(17)9-3-4-10(14-2)11(7-9)16(18)19/h3-4,7,14H,5-6,8H2,1-2H3,(H,15,17). The lowest BCUT2D eigenvalue weighted by Crippen LogP contribution is -2.46. The van der Waals surface area contributed by atoms with Crippen molar-refractivity contribution in [3.63, 3.8) is 0 Å². The first kappa shape index (κ1) is 14.3. The summed E-state index contributed by atoms with van der Waals surface area (Å²) in [6.45, 7) is 2.96. The van der Waals surface area contributed by atoms with Crippen molar-refractivity contribution >= 4 is 17.3 Å². The Morgan fingerprint density at radius 3 is 2.80 bits per heavy atom. The molecular formula is C13H17N3O4. The van der Waals surface area contributed by atoms with Crippen LogP contribution in [0, 0.1) is 10.1 Å². The zero-order valence-electron chi connectivity index (χ0n) is 11.4. The van der Waals surface area contributed by atoms with Crippen LogP contribution in [0.5, 0.6) is 0 Å². The van der Waals surface area contributed by atoms with Gasteiger partial charge in [0.2, 0.25) is 0 Å². The number of hydrogen-bond donors (Lipinski definition) is 2. The number of amides is 1. The predicted octanol–water partition coefficient (Wildman–Crippen LogP) is 1.55. The number of carbonyl (C=O) groups excluding carboxylic acids is 1. The lowest BCUT2D eigenvalue weighted by atomic mass is 10.0. The summed E-state index contributed by atoms with van der Waals surface area (Å²) in [6.07, 6.45) is 0.732. The highest BCUT2D eigenvalue weighted by atomic mass is 16.6. The van der Waals surface area contributed by atoms with Crippen molar-refractivity contribution in [1.82, 2.24) is 5.32 Å². The van der Waals surface area contributed by atoms with Crippen LogP contribution in [0.3, 0.4) is 0 Å². The Kier molecular flexibility index (Phi) is 3.89. The molecule has 1 heterocycles. The van der Waals surface area contributed by atoms with Crippen molar-refractivity contribution in [2.75, 3.05) is 25.6 Å². The Morgan fingerprint density at radius 1 is 1.50 bits per heavy atom. The van der Waals surface area contributed by atoms with E-state index in [0.717, 1.165) is 6.42 Å². The van der Waals surface area contributed by atoms with Crippen LogP contribution in [-0.2, 0) is 4.74 Å². The molecule has 1 aromatic carbocycles. The average Bonchev–Trinajstić information content (AvgIpc) is 2.84. The number of nitro benzene ring substituents is 1. The van der Waals surface area contributed by atoms with Crippen molar-refractivity contribution in [1.29, 1.82) is 0 Å². The van der Waals surface area contributed by atoms with E-state index in [1.165, 1.54) is 12.1 Å². The second-order valence-corrected chi connectivity index (χ2v) is 5.06. The topological polar surface area (TPSA) is 93.5 Å². The number of nitrogens with zero attached hydrogens (tertiary/aromatic N) is 1. The maximum absolute atomic E-state index is 12.2. The predicted molar refractivity (Wildman–Crippen MR) is 74.0 cm³/mol. The minimum Gasteiger partial charge on any atom is -0.383 e. The number of hydrogen-bond acceptors (Lipinski definition) is 5. The highest BCUT2D eigenvalue weighted by Crippen LogP contribution is 2.26. The van der Waals surface area contributed by atoms with Gasteiger partial charge >= 0.3 is 0 Å². The molecule has 20 heavy (non-hydrogen) atoms. The van der Waals surface area contributed by atoms with Crippen LogP contribution in [-0.4, -0.2) is 36.6 Å². The molecule has 1 atom stereocenters. The van der Waals surface area contributed by atoms with E-state index in [0.29, 0.717) is 18.9 Å². The van der Waals surface area contributed by atoms with Gasteiger partial charge in [-0.2, -0.15) is 0 Å². The van der Waals surface area contributed by atoms with Gasteiger partial charge in [0.25, 0.3) is 11.6 Å². The highest BCUT2D eigenvalue weighted by Gasteiger charge is 2.32. The number of nitro groups is 1. The van der Waals surface area contributed by atoms with E-state index in [1.807, 2.05) is 6.92 Å². The molecule has 108 valence electrons. The highest BCUT2D eigenvalue weighted by molar-refractivity contribution is 5.96. The molecule has 0 aliphatic carbocycles. The molecule has 1 amide bonds. The van der Waals surface area contributed by atoms with E-state index in [-0.39, 0.29) is 17.2 Å². The summed E-state index contributed by atoms with van der Waals surface area (Å²) >= 11 is 0. The van der Waals surface area contributed by atoms with E-state index in [2.05, 4.69) is 10.6 Å². The van der Waals surface area contributed by atoms with Gasteiger partial charge in [-0.25, -0.2) is 0 Å². The van der Waals surface area contributed by atoms with Gasteiger partial charge in [-0.15, -0.1) is 0 Å². The molecule has 0 saturated carbocycles. The van der Waals surface area contributed by atoms with Crippen molar-refractivity contribution in [2.45, 2.75) is 18.9 Å². The number of nitrogens with one attached hydrogen (secondary N) is 2. The van der Waals surface area contributed by atoms with E-state index < -0.39 is 10.5 Å². The van der Waals surface area contributed by atoms with Crippen molar-refractivity contribution in [3.05, 3.63) is 33.9 Å². The Balaban J connectivity index is 2.22. The third kappa shape index (κ3) is 2.88. The molecule has 0 spiro atoms. The van der Waals surface area contributed by atoms with Gasteiger partial charge < -0.3 is 15.4 Å². The molecule has 0 bridgehead atoms. The van der Waals surface area contributed by atoms with Crippen LogP contribution in [0.2, 0.25) is 0 Å². The van der Waals surface area contributed by atoms with E-state index >= 15 is 0 Å². The maximum Gasteiger partial charge on any atom is 0.293 e. The van der Waals surface area contributed by atoms with Gasteiger partial charge in [-0.1, -0.05) is 0 Å². The summed E-state index contributed by atoms with van der Waals surface area (Å²) in [5.74, 6) is -0.330. The van der Waals surface area contributed by atoms with Crippen LogP contribution in [0.25, 0.3) is 0 Å². The largest absolute Gasteiger partial charge is 0.383 e. The van der Waals surface area contributed by atoms with Crippen molar-refractivity contribution in [2.24, 2.45) is 0 Å². The summed E-state index contributed by atoms with van der Waals surface area (Å²) in [5.41, 5.74) is 0.117. The molecule has 1 fully saturated rings. The first-order valence-corrected chi connectivity index (χ1v) is 6.32. The Hall–Kier alpha value is -2.15. The van der Waals surface area contributed by atoms with Gasteiger partial charge in [-0.3, -0.25) is 14.9 Å². The molecule has 1 aliphatic rings. The van der Waals surface area contributed by atoms with Gasteiger partial charge in [0.05, 0.1) is 17.1 Å². The lowest BCUT2D eigenvalue weighted by Gasteiger charge is -2.23. The van der Waals surface area contributed by atoms with Gasteiger partial charge in [0.15, 0.2) is 0 Å². The minimum atomic E-state index is -0.511. The molecule has 2 N–H and O–H groups in total. The Bertz CT molecular complexity index is 538. The Morgan fingerprint density at radius 2 is 2.25 bits per heavy atom. The smallest absolute Gasteiger partial charge is 0.293 e. The summed E-state index contributed by atoms with van der Waals surface area (Å²) in [6, 6.07) is 4.37. The van der Waals surface area contributed by atoms with E-state index in [1.54, 1.807) is 13.1 Å². The minimum absolute atomic E-state index is 0.118. The third-order valence-electron chi connectivity index (χ3n) is 3.36. The number of anilines is 1. The monoisotopic (exact) mass is 279 g/mol. The van der Waals surface area contributed by atoms with Crippen LogP contribution in [0.4, 0.5) is 11.4 Å². The SMILES string of the molecule is CNc1ccc(C(=O)NC2(C)CCOC2)cc1[N+](=O)[O-]. The zero-order valence-corrected chi connectivity index (χ0v) is 11.4. The summed E-state index contributed by atoms with van der Waals surface area (Å²) in [4.78, 5) is 22.6. The number of carbonyl (C=O) groups is 1. The molecule has 7 nitrogen and oxygen atoms in total. The van der Waals surface area contributed by atoms with E-state index in [4.69, 9.17) is 4.74 Å². The average molecular weight is 279 g/mol. The molecule has 0 radical (unpaired) electrons. The second kappa shape index (κ2) is 5.46. The molecular weight excluding hydrogens is 262 g/mol.